The Morgan fingerprint density at radius 1 is 1.25 bits per heavy atom. The van der Waals surface area contributed by atoms with Crippen LogP contribution in [0.2, 0.25) is 5.02 Å². The van der Waals surface area contributed by atoms with E-state index in [1.165, 1.54) is 11.3 Å². The number of hydrogen-bond acceptors (Lipinski definition) is 5. The molecule has 1 atom stereocenters. The second-order valence-electron chi connectivity index (χ2n) is 4.96. The van der Waals surface area contributed by atoms with Crippen LogP contribution in [0.25, 0.3) is 11.4 Å². The zero-order valence-electron chi connectivity index (χ0n) is 12.8. The predicted molar refractivity (Wildman–Crippen MR) is 95.5 cm³/mol. The molecule has 24 heavy (non-hydrogen) atoms. The van der Waals surface area contributed by atoms with Crippen molar-refractivity contribution in [1.82, 2.24) is 9.97 Å². The van der Waals surface area contributed by atoms with E-state index in [1.54, 1.807) is 37.4 Å². The van der Waals surface area contributed by atoms with Gasteiger partial charge in [0.1, 0.15) is 11.4 Å². The molecule has 0 fully saturated rings. The maximum Gasteiger partial charge on any atom is 0.266 e. The van der Waals surface area contributed by atoms with Crippen LogP contribution < -0.4 is 10.1 Å². The van der Waals surface area contributed by atoms with Crippen LogP contribution in [0.1, 0.15) is 6.92 Å². The average Bonchev–Trinajstić information content (AvgIpc) is 3.04. The van der Waals surface area contributed by atoms with Crippen molar-refractivity contribution in [3.63, 3.8) is 0 Å². The third kappa shape index (κ3) is 4.10. The Balaban J connectivity index is 1.63. The van der Waals surface area contributed by atoms with Crippen LogP contribution in [-0.2, 0) is 4.79 Å². The van der Waals surface area contributed by atoms with Gasteiger partial charge in [-0.25, -0.2) is 4.98 Å². The summed E-state index contributed by atoms with van der Waals surface area (Å²) in [6.45, 7) is 1.67. The van der Waals surface area contributed by atoms with Gasteiger partial charge in [-0.1, -0.05) is 23.7 Å². The van der Waals surface area contributed by atoms with Gasteiger partial charge in [0.2, 0.25) is 0 Å². The topological polar surface area (TPSA) is 64.1 Å². The summed E-state index contributed by atoms with van der Waals surface area (Å²) in [7, 11) is 0. The van der Waals surface area contributed by atoms with E-state index in [2.05, 4.69) is 15.3 Å². The molecule has 122 valence electrons. The summed E-state index contributed by atoms with van der Waals surface area (Å²) in [6.07, 6.45) is 1.03. The highest BCUT2D eigenvalue weighted by Gasteiger charge is 2.17. The first-order valence-corrected chi connectivity index (χ1v) is 8.47. The average molecular weight is 360 g/mol. The zero-order valence-corrected chi connectivity index (χ0v) is 14.3. The number of carbonyl (C=O) groups is 1. The number of nitrogens with zero attached hydrogens (tertiary/aromatic N) is 2. The van der Waals surface area contributed by atoms with Crippen molar-refractivity contribution in [3.8, 4) is 17.1 Å². The van der Waals surface area contributed by atoms with Crippen molar-refractivity contribution in [3.05, 3.63) is 59.1 Å². The maximum atomic E-state index is 12.2. The number of ether oxygens (including phenoxy) is 1. The molecule has 0 aliphatic rings. The van der Waals surface area contributed by atoms with Gasteiger partial charge in [-0.15, -0.1) is 11.3 Å². The van der Waals surface area contributed by atoms with Gasteiger partial charge in [-0.05, 0) is 37.3 Å². The van der Waals surface area contributed by atoms with Gasteiger partial charge in [0, 0.05) is 16.6 Å². The van der Waals surface area contributed by atoms with E-state index in [-0.39, 0.29) is 5.91 Å². The fraction of sp³-hybridized carbons (Fsp3) is 0.118. The van der Waals surface area contributed by atoms with Crippen LogP contribution in [0.5, 0.6) is 5.75 Å². The van der Waals surface area contributed by atoms with Crippen LogP contribution >= 0.6 is 22.9 Å². The first-order chi connectivity index (χ1) is 11.6. The van der Waals surface area contributed by atoms with Crippen LogP contribution in [0.3, 0.4) is 0 Å². The molecule has 2 heterocycles. The molecule has 5 nitrogen and oxygen atoms in total. The Bertz CT molecular complexity index is 839. The Kier molecular flexibility index (Phi) is 5.08. The zero-order chi connectivity index (χ0) is 16.9. The number of thiazole rings is 1. The summed E-state index contributed by atoms with van der Waals surface area (Å²) in [5.74, 6) is 0.260. The Morgan fingerprint density at radius 2 is 2.12 bits per heavy atom. The van der Waals surface area contributed by atoms with Crippen LogP contribution in [-0.4, -0.2) is 22.0 Å². The molecule has 0 saturated heterocycles. The number of amides is 1. The highest BCUT2D eigenvalue weighted by molar-refractivity contribution is 7.14. The fourth-order valence-corrected chi connectivity index (χ4v) is 2.86. The predicted octanol–water partition coefficient (Wildman–Crippen LogP) is 4.26. The van der Waals surface area contributed by atoms with E-state index in [1.807, 2.05) is 23.6 Å². The van der Waals surface area contributed by atoms with E-state index in [4.69, 9.17) is 16.3 Å². The minimum absolute atomic E-state index is 0.281. The summed E-state index contributed by atoms with van der Waals surface area (Å²) in [5.41, 5.74) is 1.48. The number of nitrogens with one attached hydrogen (secondary N) is 1. The van der Waals surface area contributed by atoms with Gasteiger partial charge >= 0.3 is 0 Å². The van der Waals surface area contributed by atoms with Gasteiger partial charge in [-0.2, -0.15) is 0 Å². The van der Waals surface area contributed by atoms with Gasteiger partial charge < -0.3 is 4.74 Å². The lowest BCUT2D eigenvalue weighted by Gasteiger charge is -2.13. The van der Waals surface area contributed by atoms with Crippen molar-refractivity contribution < 1.29 is 9.53 Å². The number of carbonyl (C=O) groups excluding carboxylic acids is 1. The number of benzene rings is 1. The summed E-state index contributed by atoms with van der Waals surface area (Å²) >= 11 is 7.24. The monoisotopic (exact) mass is 359 g/mol. The molecule has 2 aromatic heterocycles. The minimum Gasteiger partial charge on any atom is -0.481 e. The number of hydrogen-bond donors (Lipinski definition) is 1. The number of rotatable bonds is 5. The largest absolute Gasteiger partial charge is 0.481 e. The Morgan fingerprint density at radius 3 is 2.88 bits per heavy atom. The van der Waals surface area contributed by atoms with E-state index >= 15 is 0 Å². The fourth-order valence-electron chi connectivity index (χ4n) is 1.97. The Labute approximate surface area is 148 Å². The van der Waals surface area contributed by atoms with E-state index in [9.17, 15) is 4.79 Å². The minimum atomic E-state index is -0.675. The van der Waals surface area contributed by atoms with Gasteiger partial charge in [0.05, 0.1) is 5.69 Å². The second-order valence-corrected chi connectivity index (χ2v) is 6.25. The lowest BCUT2D eigenvalue weighted by Crippen LogP contribution is -2.30. The van der Waals surface area contributed by atoms with Crippen LogP contribution in [0, 0.1) is 0 Å². The normalized spacial score (nSPS) is 11.8. The highest BCUT2D eigenvalue weighted by Crippen LogP contribution is 2.24. The third-order valence-electron chi connectivity index (χ3n) is 3.14. The van der Waals surface area contributed by atoms with Gasteiger partial charge in [-0.3, -0.25) is 15.1 Å². The molecule has 0 unspecified atom stereocenters. The number of halogens is 1. The van der Waals surface area contributed by atoms with Crippen molar-refractivity contribution in [2.45, 2.75) is 13.0 Å². The molecule has 0 radical (unpaired) electrons. The first kappa shape index (κ1) is 16.4. The molecule has 0 aliphatic carbocycles. The van der Waals surface area contributed by atoms with Crippen molar-refractivity contribution in [1.29, 1.82) is 0 Å². The standard InChI is InChI=1S/C17H14ClN3O2S/c1-11(23-13-6-4-5-12(18)9-13)16(22)21-17-20-15(10-24-17)14-7-2-3-8-19-14/h2-11H,1H3,(H,20,21,22)/t11-/m0/s1. The summed E-state index contributed by atoms with van der Waals surface area (Å²) < 4.78 is 5.59. The van der Waals surface area contributed by atoms with Gasteiger partial charge in [0.15, 0.2) is 11.2 Å². The molecule has 0 bridgehead atoms. The van der Waals surface area contributed by atoms with E-state index in [0.29, 0.717) is 15.9 Å². The molecule has 1 N–H and O–H groups in total. The molecule has 3 aromatic rings. The lowest BCUT2D eigenvalue weighted by atomic mass is 10.3. The second kappa shape index (κ2) is 7.42. The maximum absolute atomic E-state index is 12.2. The van der Waals surface area contributed by atoms with E-state index < -0.39 is 6.10 Å². The number of anilines is 1. The number of aromatic nitrogens is 2. The van der Waals surface area contributed by atoms with Crippen molar-refractivity contribution in [2.75, 3.05) is 5.32 Å². The molecule has 0 spiro atoms. The summed E-state index contributed by atoms with van der Waals surface area (Å²) in [5, 5.41) is 5.65. The van der Waals surface area contributed by atoms with Crippen molar-refractivity contribution in [2.24, 2.45) is 0 Å². The first-order valence-electron chi connectivity index (χ1n) is 7.22. The molecule has 1 amide bonds. The molecule has 3 rings (SSSR count). The van der Waals surface area contributed by atoms with Crippen molar-refractivity contribution >= 4 is 34.0 Å². The highest BCUT2D eigenvalue weighted by atomic mass is 35.5. The lowest BCUT2D eigenvalue weighted by molar-refractivity contribution is -0.122. The Hall–Kier alpha value is -2.44. The summed E-state index contributed by atoms with van der Waals surface area (Å²) in [4.78, 5) is 20.8. The smallest absolute Gasteiger partial charge is 0.266 e. The molecular formula is C17H14ClN3O2S. The molecule has 1 aromatic carbocycles. The molecule has 0 aliphatic heterocycles. The summed E-state index contributed by atoms with van der Waals surface area (Å²) in [6, 6.07) is 12.5. The third-order valence-corrected chi connectivity index (χ3v) is 4.13. The van der Waals surface area contributed by atoms with Crippen LogP contribution in [0.15, 0.2) is 54.0 Å². The van der Waals surface area contributed by atoms with Gasteiger partial charge in [0.25, 0.3) is 5.91 Å². The van der Waals surface area contributed by atoms with E-state index in [0.717, 1.165) is 11.4 Å². The molecule has 7 heteroatoms. The molecular weight excluding hydrogens is 346 g/mol. The SMILES string of the molecule is C[C@H](Oc1cccc(Cl)c1)C(=O)Nc1nc(-c2ccccn2)cs1. The number of pyridine rings is 1. The molecule has 0 saturated carbocycles. The van der Waals surface area contributed by atoms with Crippen LogP contribution in [0.4, 0.5) is 5.13 Å². The quantitative estimate of drug-likeness (QED) is 0.739.